The zero-order valence-corrected chi connectivity index (χ0v) is 12.5. The number of nitrogens with two attached hydrogens (primary N) is 2. The molecule has 1 aromatic carbocycles. The summed E-state index contributed by atoms with van der Waals surface area (Å²) in [7, 11) is 1.38. The van der Waals surface area contributed by atoms with Gasteiger partial charge in [-0.2, -0.15) is 0 Å². The third-order valence-electron chi connectivity index (χ3n) is 2.81. The lowest BCUT2D eigenvalue weighted by Crippen LogP contribution is -2.17. The summed E-state index contributed by atoms with van der Waals surface area (Å²) in [5.41, 5.74) is 12.1. The number of ether oxygens (including phenoxy) is 2. The molecule has 0 heterocycles. The zero-order valence-electron chi connectivity index (χ0n) is 11.7. The van der Waals surface area contributed by atoms with Crippen LogP contribution in [0.1, 0.15) is 30.9 Å². The average molecular weight is 329 g/mol. The summed E-state index contributed by atoms with van der Waals surface area (Å²) in [5, 5.41) is 0. The monoisotopic (exact) mass is 328 g/mol. The second-order valence-corrected chi connectivity index (χ2v) is 4.34. The summed E-state index contributed by atoms with van der Waals surface area (Å²) in [4.78, 5) is 0. The van der Waals surface area contributed by atoms with E-state index in [-0.39, 0.29) is 29.9 Å². The Kier molecular flexibility index (Phi) is 8.46. The minimum atomic E-state index is -4.73. The van der Waals surface area contributed by atoms with E-state index in [1.54, 1.807) is 0 Å². The van der Waals surface area contributed by atoms with Gasteiger partial charge in [0.25, 0.3) is 0 Å². The van der Waals surface area contributed by atoms with E-state index in [9.17, 15) is 13.2 Å². The van der Waals surface area contributed by atoms with Gasteiger partial charge in [-0.3, -0.25) is 0 Å². The first-order valence-electron chi connectivity index (χ1n) is 6.26. The number of alkyl halides is 3. The van der Waals surface area contributed by atoms with Crippen molar-refractivity contribution in [3.05, 3.63) is 23.8 Å². The number of rotatable bonds is 7. The predicted molar refractivity (Wildman–Crippen MR) is 76.8 cm³/mol. The third kappa shape index (κ3) is 6.88. The molecule has 0 aliphatic carbocycles. The third-order valence-corrected chi connectivity index (χ3v) is 2.81. The normalized spacial score (nSPS) is 12.5. The Hall–Kier alpha value is -1.18. The molecule has 122 valence electrons. The molecule has 0 bridgehead atoms. The molecule has 0 aliphatic rings. The smallest absolute Gasteiger partial charge is 0.496 e. The van der Waals surface area contributed by atoms with Crippen molar-refractivity contribution >= 4 is 12.4 Å². The molecule has 1 atom stereocenters. The van der Waals surface area contributed by atoms with Crippen molar-refractivity contribution in [1.82, 2.24) is 0 Å². The lowest BCUT2D eigenvalue weighted by Gasteiger charge is -2.17. The fourth-order valence-corrected chi connectivity index (χ4v) is 1.86. The fourth-order valence-electron chi connectivity index (χ4n) is 1.86. The Morgan fingerprint density at radius 1 is 1.24 bits per heavy atom. The minimum Gasteiger partial charge on any atom is -0.496 e. The number of unbranched alkanes of at least 4 members (excludes halogenated alkanes) is 1. The molecule has 0 spiro atoms. The van der Waals surface area contributed by atoms with Gasteiger partial charge in [-0.25, -0.2) is 0 Å². The van der Waals surface area contributed by atoms with Crippen molar-refractivity contribution in [2.24, 2.45) is 11.5 Å². The van der Waals surface area contributed by atoms with E-state index >= 15 is 0 Å². The second kappa shape index (κ2) is 8.96. The van der Waals surface area contributed by atoms with E-state index in [2.05, 4.69) is 4.74 Å². The molecule has 0 unspecified atom stereocenters. The maximum Gasteiger partial charge on any atom is 0.573 e. The molecule has 0 saturated heterocycles. The molecule has 1 aromatic rings. The average Bonchev–Trinajstić information content (AvgIpc) is 2.36. The molecular formula is C13H20ClF3N2O2. The summed E-state index contributed by atoms with van der Waals surface area (Å²) in [6.07, 6.45) is -2.34. The highest BCUT2D eigenvalue weighted by Gasteiger charge is 2.31. The van der Waals surface area contributed by atoms with E-state index in [1.807, 2.05) is 0 Å². The summed E-state index contributed by atoms with van der Waals surface area (Å²) >= 11 is 0. The SMILES string of the molecule is COc1cc(OC(F)(F)F)ccc1[C@@H](N)CCCCN.Cl. The van der Waals surface area contributed by atoms with Gasteiger partial charge < -0.3 is 20.9 Å². The van der Waals surface area contributed by atoms with Crippen LogP contribution in [0.2, 0.25) is 0 Å². The fraction of sp³-hybridized carbons (Fsp3) is 0.538. The van der Waals surface area contributed by atoms with Crippen LogP contribution in [0.15, 0.2) is 18.2 Å². The zero-order chi connectivity index (χ0) is 15.2. The van der Waals surface area contributed by atoms with E-state index in [0.717, 1.165) is 12.8 Å². The minimum absolute atomic E-state index is 0. The van der Waals surface area contributed by atoms with E-state index < -0.39 is 6.36 Å². The van der Waals surface area contributed by atoms with Gasteiger partial charge in [-0.15, -0.1) is 25.6 Å². The largest absolute Gasteiger partial charge is 0.573 e. The van der Waals surface area contributed by atoms with Crippen molar-refractivity contribution in [1.29, 1.82) is 0 Å². The van der Waals surface area contributed by atoms with Crippen LogP contribution >= 0.6 is 12.4 Å². The van der Waals surface area contributed by atoms with Gasteiger partial charge in [-0.05, 0) is 25.5 Å². The van der Waals surface area contributed by atoms with Crippen LogP contribution in [0.4, 0.5) is 13.2 Å². The predicted octanol–water partition coefficient (Wildman–Crippen LogP) is 3.14. The van der Waals surface area contributed by atoms with Crippen LogP contribution in [0, 0.1) is 0 Å². The highest BCUT2D eigenvalue weighted by molar-refractivity contribution is 5.85. The summed E-state index contributed by atoms with van der Waals surface area (Å²) < 4.78 is 45.3. The lowest BCUT2D eigenvalue weighted by molar-refractivity contribution is -0.274. The second-order valence-electron chi connectivity index (χ2n) is 4.34. The van der Waals surface area contributed by atoms with Crippen molar-refractivity contribution in [3.8, 4) is 11.5 Å². The van der Waals surface area contributed by atoms with Crippen LogP contribution in [-0.2, 0) is 0 Å². The Morgan fingerprint density at radius 2 is 1.90 bits per heavy atom. The molecule has 0 fully saturated rings. The standard InChI is InChI=1S/C13H19F3N2O2.ClH/c1-19-12-8-9(20-13(14,15)16)5-6-10(12)11(18)4-2-3-7-17;/h5-6,8,11H,2-4,7,17-18H2,1H3;1H/t11-;/m0./s1. The van der Waals surface area contributed by atoms with Crippen molar-refractivity contribution < 1.29 is 22.6 Å². The van der Waals surface area contributed by atoms with Gasteiger partial charge in [0.2, 0.25) is 0 Å². The van der Waals surface area contributed by atoms with Crippen molar-refractivity contribution in [2.75, 3.05) is 13.7 Å². The topological polar surface area (TPSA) is 70.5 Å². The van der Waals surface area contributed by atoms with E-state index in [4.69, 9.17) is 16.2 Å². The maximum absolute atomic E-state index is 12.1. The highest BCUT2D eigenvalue weighted by Crippen LogP contribution is 2.32. The number of hydrogen-bond donors (Lipinski definition) is 2. The Morgan fingerprint density at radius 3 is 2.43 bits per heavy atom. The van der Waals surface area contributed by atoms with Gasteiger partial charge in [0.05, 0.1) is 7.11 Å². The summed E-state index contributed by atoms with van der Waals surface area (Å²) in [6.45, 7) is 0.586. The molecule has 0 radical (unpaired) electrons. The molecule has 8 heteroatoms. The quantitative estimate of drug-likeness (QED) is 0.754. The molecule has 4 N–H and O–H groups in total. The Labute approximate surface area is 128 Å². The number of benzene rings is 1. The molecule has 1 rings (SSSR count). The molecule has 0 aliphatic heterocycles. The van der Waals surface area contributed by atoms with Crippen LogP contribution in [0.3, 0.4) is 0 Å². The summed E-state index contributed by atoms with van der Waals surface area (Å²) in [5.74, 6) is -0.0424. The van der Waals surface area contributed by atoms with E-state index in [1.165, 1.54) is 25.3 Å². The van der Waals surface area contributed by atoms with Gasteiger partial charge in [0, 0.05) is 17.7 Å². The first kappa shape index (κ1) is 19.8. The van der Waals surface area contributed by atoms with Crippen LogP contribution in [0.25, 0.3) is 0 Å². The first-order chi connectivity index (χ1) is 9.37. The Bertz CT molecular complexity index is 430. The number of halogens is 4. The molecule has 4 nitrogen and oxygen atoms in total. The van der Waals surface area contributed by atoms with Crippen LogP contribution in [-0.4, -0.2) is 20.0 Å². The number of methoxy groups -OCH3 is 1. The molecule has 21 heavy (non-hydrogen) atoms. The van der Waals surface area contributed by atoms with Crippen molar-refractivity contribution in [2.45, 2.75) is 31.7 Å². The van der Waals surface area contributed by atoms with Gasteiger partial charge in [0.1, 0.15) is 11.5 Å². The van der Waals surface area contributed by atoms with Crippen LogP contribution in [0.5, 0.6) is 11.5 Å². The lowest BCUT2D eigenvalue weighted by atomic mass is 10.0. The van der Waals surface area contributed by atoms with E-state index in [0.29, 0.717) is 18.5 Å². The van der Waals surface area contributed by atoms with Gasteiger partial charge in [-0.1, -0.05) is 12.5 Å². The first-order valence-corrected chi connectivity index (χ1v) is 6.26. The Balaban J connectivity index is 0.00000400. The molecular weight excluding hydrogens is 309 g/mol. The highest BCUT2D eigenvalue weighted by atomic mass is 35.5. The molecule has 0 amide bonds. The van der Waals surface area contributed by atoms with Gasteiger partial charge in [0.15, 0.2) is 0 Å². The number of hydrogen-bond acceptors (Lipinski definition) is 4. The van der Waals surface area contributed by atoms with Crippen molar-refractivity contribution in [3.63, 3.8) is 0 Å². The van der Waals surface area contributed by atoms with Crippen LogP contribution < -0.4 is 20.9 Å². The maximum atomic E-state index is 12.1. The molecule has 0 saturated carbocycles. The van der Waals surface area contributed by atoms with Gasteiger partial charge >= 0.3 is 6.36 Å². The molecule has 0 aromatic heterocycles. The summed E-state index contributed by atoms with van der Waals surface area (Å²) in [6, 6.07) is 3.60.